The second-order valence-corrected chi connectivity index (χ2v) is 5.64. The molecule has 1 fully saturated rings. The fourth-order valence-electron chi connectivity index (χ4n) is 2.82. The van der Waals surface area contributed by atoms with Gasteiger partial charge >= 0.3 is 0 Å². The highest BCUT2D eigenvalue weighted by molar-refractivity contribution is 14.0. The van der Waals surface area contributed by atoms with E-state index in [-0.39, 0.29) is 24.0 Å². The van der Waals surface area contributed by atoms with Gasteiger partial charge in [-0.15, -0.1) is 24.0 Å². The molecule has 0 aromatic rings. The molecule has 17 heavy (non-hydrogen) atoms. The zero-order chi connectivity index (χ0) is 11.6. The molecule has 0 aromatic heterocycles. The Morgan fingerprint density at radius 3 is 2.29 bits per heavy atom. The molecule has 1 aliphatic rings. The van der Waals surface area contributed by atoms with E-state index in [4.69, 9.17) is 0 Å². The van der Waals surface area contributed by atoms with Crippen LogP contribution in [0.4, 0.5) is 0 Å². The highest BCUT2D eigenvalue weighted by Crippen LogP contribution is 2.23. The van der Waals surface area contributed by atoms with Gasteiger partial charge in [0.15, 0.2) is 0 Å². The molecule has 0 aromatic carbocycles. The summed E-state index contributed by atoms with van der Waals surface area (Å²) >= 11 is 0. The summed E-state index contributed by atoms with van der Waals surface area (Å²) < 4.78 is 0. The quantitative estimate of drug-likeness (QED) is 0.455. The van der Waals surface area contributed by atoms with E-state index in [1.807, 2.05) is 0 Å². The van der Waals surface area contributed by atoms with Crippen molar-refractivity contribution in [3.63, 3.8) is 0 Å². The SMILES string of the molecule is CCCCCCCCCC(C)C1CCNC1.I. The summed E-state index contributed by atoms with van der Waals surface area (Å²) in [6.45, 7) is 7.27. The minimum atomic E-state index is 0. The van der Waals surface area contributed by atoms with Crippen molar-refractivity contribution < 1.29 is 0 Å². The Kier molecular flexibility index (Phi) is 12.2. The molecule has 1 rings (SSSR count). The molecular weight excluding hydrogens is 321 g/mol. The topological polar surface area (TPSA) is 12.0 Å². The van der Waals surface area contributed by atoms with E-state index in [2.05, 4.69) is 19.2 Å². The van der Waals surface area contributed by atoms with Gasteiger partial charge in [0.2, 0.25) is 0 Å². The van der Waals surface area contributed by atoms with Crippen LogP contribution in [-0.4, -0.2) is 13.1 Å². The Balaban J connectivity index is 0.00000256. The first-order valence-corrected chi connectivity index (χ1v) is 7.55. The smallest absolute Gasteiger partial charge is 0.00175 e. The zero-order valence-electron chi connectivity index (χ0n) is 11.8. The molecule has 0 aliphatic carbocycles. The Labute approximate surface area is 126 Å². The van der Waals surface area contributed by atoms with Crippen LogP contribution in [0.5, 0.6) is 0 Å². The van der Waals surface area contributed by atoms with E-state index in [1.165, 1.54) is 70.9 Å². The van der Waals surface area contributed by atoms with Gasteiger partial charge in [0.05, 0.1) is 0 Å². The van der Waals surface area contributed by atoms with Gasteiger partial charge in [0.25, 0.3) is 0 Å². The van der Waals surface area contributed by atoms with E-state index >= 15 is 0 Å². The van der Waals surface area contributed by atoms with Crippen LogP contribution in [0.3, 0.4) is 0 Å². The predicted molar refractivity (Wildman–Crippen MR) is 88.2 cm³/mol. The van der Waals surface area contributed by atoms with Gasteiger partial charge in [0.1, 0.15) is 0 Å². The maximum atomic E-state index is 3.48. The highest BCUT2D eigenvalue weighted by atomic mass is 127. The van der Waals surface area contributed by atoms with Crippen molar-refractivity contribution in [2.45, 2.75) is 71.6 Å². The van der Waals surface area contributed by atoms with Gasteiger partial charge < -0.3 is 5.32 Å². The number of hydrogen-bond acceptors (Lipinski definition) is 1. The second-order valence-electron chi connectivity index (χ2n) is 5.64. The van der Waals surface area contributed by atoms with Crippen LogP contribution >= 0.6 is 24.0 Å². The largest absolute Gasteiger partial charge is 0.316 e. The molecule has 1 saturated heterocycles. The summed E-state index contributed by atoms with van der Waals surface area (Å²) in [5, 5.41) is 3.48. The molecule has 0 amide bonds. The first-order valence-electron chi connectivity index (χ1n) is 7.55. The van der Waals surface area contributed by atoms with Crippen molar-refractivity contribution in [1.29, 1.82) is 0 Å². The van der Waals surface area contributed by atoms with Gasteiger partial charge in [-0.3, -0.25) is 0 Å². The predicted octanol–water partition coefficient (Wildman–Crippen LogP) is 4.99. The van der Waals surface area contributed by atoms with Gasteiger partial charge in [-0.05, 0) is 31.3 Å². The fourth-order valence-corrected chi connectivity index (χ4v) is 2.82. The fraction of sp³-hybridized carbons (Fsp3) is 1.00. The summed E-state index contributed by atoms with van der Waals surface area (Å²) in [7, 11) is 0. The average molecular weight is 353 g/mol. The number of hydrogen-bond donors (Lipinski definition) is 1. The maximum absolute atomic E-state index is 3.48. The summed E-state index contributed by atoms with van der Waals surface area (Å²) in [6, 6.07) is 0. The lowest BCUT2D eigenvalue weighted by molar-refractivity contribution is 0.349. The third-order valence-corrected chi connectivity index (χ3v) is 4.17. The van der Waals surface area contributed by atoms with Crippen molar-refractivity contribution >= 4 is 24.0 Å². The van der Waals surface area contributed by atoms with Crippen molar-refractivity contribution in [2.75, 3.05) is 13.1 Å². The van der Waals surface area contributed by atoms with Crippen LogP contribution in [0, 0.1) is 11.8 Å². The van der Waals surface area contributed by atoms with Gasteiger partial charge in [-0.2, -0.15) is 0 Å². The molecule has 2 heteroatoms. The van der Waals surface area contributed by atoms with E-state index in [9.17, 15) is 0 Å². The highest BCUT2D eigenvalue weighted by Gasteiger charge is 2.20. The van der Waals surface area contributed by atoms with Crippen molar-refractivity contribution in [3.05, 3.63) is 0 Å². The van der Waals surface area contributed by atoms with Crippen LogP contribution in [0.2, 0.25) is 0 Å². The van der Waals surface area contributed by atoms with Gasteiger partial charge in [0, 0.05) is 0 Å². The van der Waals surface area contributed by atoms with Crippen LogP contribution in [-0.2, 0) is 0 Å². The third kappa shape index (κ3) is 8.41. The number of halogens is 1. The molecule has 0 radical (unpaired) electrons. The van der Waals surface area contributed by atoms with E-state index in [1.54, 1.807) is 0 Å². The normalized spacial score (nSPS) is 21.2. The first-order chi connectivity index (χ1) is 7.84. The first kappa shape index (κ1) is 17.7. The Morgan fingerprint density at radius 2 is 1.71 bits per heavy atom. The average Bonchev–Trinajstić information content (AvgIpc) is 2.81. The number of rotatable bonds is 9. The molecular formula is C15H32IN. The lowest BCUT2D eigenvalue weighted by Crippen LogP contribution is -2.15. The van der Waals surface area contributed by atoms with Crippen LogP contribution in [0.25, 0.3) is 0 Å². The molecule has 1 N–H and O–H groups in total. The van der Waals surface area contributed by atoms with Gasteiger partial charge in [-0.25, -0.2) is 0 Å². The van der Waals surface area contributed by atoms with Crippen LogP contribution < -0.4 is 5.32 Å². The summed E-state index contributed by atoms with van der Waals surface area (Å²) in [5.41, 5.74) is 0. The number of nitrogens with one attached hydrogen (secondary N) is 1. The monoisotopic (exact) mass is 353 g/mol. The molecule has 2 unspecified atom stereocenters. The summed E-state index contributed by atoms with van der Waals surface area (Å²) in [6.07, 6.45) is 13.0. The lowest BCUT2D eigenvalue weighted by Gasteiger charge is -2.17. The van der Waals surface area contributed by atoms with Crippen LogP contribution in [0.15, 0.2) is 0 Å². The van der Waals surface area contributed by atoms with Crippen molar-refractivity contribution in [2.24, 2.45) is 11.8 Å². The zero-order valence-corrected chi connectivity index (χ0v) is 14.2. The standard InChI is InChI=1S/C15H31N.HI/c1-3-4-5-6-7-8-9-10-14(2)15-11-12-16-13-15;/h14-16H,3-13H2,1-2H3;1H. The molecule has 104 valence electrons. The summed E-state index contributed by atoms with van der Waals surface area (Å²) in [5.74, 6) is 1.92. The third-order valence-electron chi connectivity index (χ3n) is 4.17. The molecule has 2 atom stereocenters. The van der Waals surface area contributed by atoms with Gasteiger partial charge in [-0.1, -0.05) is 65.2 Å². The molecule has 0 bridgehead atoms. The minimum Gasteiger partial charge on any atom is -0.316 e. The Hall–Kier alpha value is 0.690. The molecule has 1 heterocycles. The van der Waals surface area contributed by atoms with Crippen LogP contribution in [0.1, 0.15) is 71.6 Å². The Bertz CT molecular complexity index is 155. The molecule has 1 aliphatic heterocycles. The molecule has 0 spiro atoms. The van der Waals surface area contributed by atoms with E-state index in [0.29, 0.717) is 0 Å². The summed E-state index contributed by atoms with van der Waals surface area (Å²) in [4.78, 5) is 0. The maximum Gasteiger partial charge on any atom is -0.00175 e. The van der Waals surface area contributed by atoms with E-state index in [0.717, 1.165) is 11.8 Å². The van der Waals surface area contributed by atoms with Crippen molar-refractivity contribution in [1.82, 2.24) is 5.32 Å². The lowest BCUT2D eigenvalue weighted by atomic mass is 9.88. The van der Waals surface area contributed by atoms with Crippen molar-refractivity contribution in [3.8, 4) is 0 Å². The Morgan fingerprint density at radius 1 is 1.06 bits per heavy atom. The van der Waals surface area contributed by atoms with E-state index < -0.39 is 0 Å². The minimum absolute atomic E-state index is 0. The molecule has 0 saturated carbocycles. The molecule has 1 nitrogen and oxygen atoms in total. The second kappa shape index (κ2) is 11.8. The number of unbranched alkanes of at least 4 members (excludes halogenated alkanes) is 6.